The number of methoxy groups -OCH3 is 1. The minimum atomic E-state index is -0.657. The van der Waals surface area contributed by atoms with Crippen LogP contribution in [0, 0.1) is 0 Å². The number of amides is 2. The third-order valence-electron chi connectivity index (χ3n) is 4.98. The molecule has 138 valence electrons. The Balaban J connectivity index is 1.62. The second-order valence-electron chi connectivity index (χ2n) is 6.69. The summed E-state index contributed by atoms with van der Waals surface area (Å²) < 4.78 is 5.13. The summed E-state index contributed by atoms with van der Waals surface area (Å²) in [6, 6.07) is 11.1. The van der Waals surface area contributed by atoms with Crippen LogP contribution in [0.15, 0.2) is 41.8 Å². The minimum absolute atomic E-state index is 0.0433. The summed E-state index contributed by atoms with van der Waals surface area (Å²) in [7, 11) is 1.56. The number of hydrogen-bond acceptors (Lipinski definition) is 4. The van der Waals surface area contributed by atoms with Crippen LogP contribution < -0.4 is 15.4 Å². The molecule has 1 fully saturated rings. The summed E-state index contributed by atoms with van der Waals surface area (Å²) in [6.07, 6.45) is 5.64. The van der Waals surface area contributed by atoms with E-state index in [2.05, 4.69) is 22.1 Å². The van der Waals surface area contributed by atoms with Gasteiger partial charge in [0.05, 0.1) is 7.11 Å². The lowest BCUT2D eigenvalue weighted by Gasteiger charge is -2.36. The van der Waals surface area contributed by atoms with Crippen LogP contribution in [0.3, 0.4) is 0 Å². The first kappa shape index (κ1) is 18.5. The highest BCUT2D eigenvalue weighted by Crippen LogP contribution is 2.41. The van der Waals surface area contributed by atoms with E-state index in [1.165, 1.54) is 11.3 Å². The van der Waals surface area contributed by atoms with Gasteiger partial charge in [-0.3, -0.25) is 9.59 Å². The van der Waals surface area contributed by atoms with E-state index in [1.54, 1.807) is 42.7 Å². The molecule has 1 heterocycles. The summed E-state index contributed by atoms with van der Waals surface area (Å²) in [5, 5.41) is 7.55. The molecule has 1 aliphatic rings. The molecule has 0 unspecified atom stereocenters. The molecular formula is C20H24N2O3S. The van der Waals surface area contributed by atoms with E-state index in [1.807, 2.05) is 6.07 Å². The predicted octanol–water partition coefficient (Wildman–Crippen LogP) is 3.71. The zero-order valence-corrected chi connectivity index (χ0v) is 15.7. The summed E-state index contributed by atoms with van der Waals surface area (Å²) in [5.74, 6) is -0.633. The third kappa shape index (κ3) is 4.25. The number of ether oxygens (including phenoxy) is 1. The Kier molecular flexibility index (Phi) is 5.93. The number of hydrogen-bond donors (Lipinski definition) is 2. The highest BCUT2D eigenvalue weighted by molar-refractivity contribution is 7.10. The summed E-state index contributed by atoms with van der Waals surface area (Å²) in [4.78, 5) is 25.8. The molecule has 1 saturated carbocycles. The van der Waals surface area contributed by atoms with Gasteiger partial charge >= 0.3 is 11.8 Å². The highest BCUT2D eigenvalue weighted by Gasteiger charge is 2.35. The summed E-state index contributed by atoms with van der Waals surface area (Å²) in [6.45, 7) is 0.498. The fourth-order valence-electron chi connectivity index (χ4n) is 3.54. The Bertz CT molecular complexity index is 752. The number of anilines is 1. The molecule has 0 bridgehead atoms. The number of rotatable bonds is 5. The van der Waals surface area contributed by atoms with Gasteiger partial charge in [0.15, 0.2) is 0 Å². The fraction of sp³-hybridized carbons (Fsp3) is 0.400. The number of benzene rings is 1. The van der Waals surface area contributed by atoms with Gasteiger partial charge in [0, 0.05) is 28.6 Å². The van der Waals surface area contributed by atoms with Gasteiger partial charge in [-0.15, -0.1) is 11.3 Å². The Hall–Kier alpha value is -2.34. The van der Waals surface area contributed by atoms with Crippen LogP contribution in [0.1, 0.15) is 37.0 Å². The maximum atomic E-state index is 12.3. The molecule has 0 aliphatic heterocycles. The first-order valence-corrected chi connectivity index (χ1v) is 9.78. The topological polar surface area (TPSA) is 67.4 Å². The molecule has 0 spiro atoms. The van der Waals surface area contributed by atoms with Crippen LogP contribution in [0.2, 0.25) is 0 Å². The smallest absolute Gasteiger partial charge is 0.313 e. The number of nitrogens with one attached hydrogen (secondary N) is 2. The normalized spacial score (nSPS) is 15.9. The summed E-state index contributed by atoms with van der Waals surface area (Å²) >= 11 is 1.73. The van der Waals surface area contributed by atoms with Gasteiger partial charge in [0.1, 0.15) is 5.75 Å². The lowest BCUT2D eigenvalue weighted by Crippen LogP contribution is -2.45. The molecule has 1 aromatic heterocycles. The van der Waals surface area contributed by atoms with Crippen molar-refractivity contribution in [3.05, 3.63) is 46.7 Å². The van der Waals surface area contributed by atoms with Crippen LogP contribution >= 0.6 is 11.3 Å². The van der Waals surface area contributed by atoms with Crippen LogP contribution in [0.4, 0.5) is 5.69 Å². The van der Waals surface area contributed by atoms with Gasteiger partial charge in [-0.25, -0.2) is 0 Å². The largest absolute Gasteiger partial charge is 0.497 e. The van der Waals surface area contributed by atoms with E-state index in [9.17, 15) is 9.59 Å². The molecule has 5 nitrogen and oxygen atoms in total. The zero-order chi connectivity index (χ0) is 18.4. The highest BCUT2D eigenvalue weighted by atomic mass is 32.1. The van der Waals surface area contributed by atoms with Crippen molar-refractivity contribution in [2.75, 3.05) is 19.0 Å². The lowest BCUT2D eigenvalue weighted by molar-refractivity contribution is -0.136. The second kappa shape index (κ2) is 8.36. The standard InChI is InChI=1S/C20H24N2O3S/c1-25-16-8-5-7-15(13-16)22-19(24)18(23)21-14-20(10-3-2-4-11-20)17-9-6-12-26-17/h5-9,12-13H,2-4,10-11,14H2,1H3,(H,21,23)(H,22,24). The van der Waals surface area contributed by atoms with Crippen LogP contribution in [0.5, 0.6) is 5.75 Å². The monoisotopic (exact) mass is 372 g/mol. The maximum absolute atomic E-state index is 12.3. The van der Waals surface area contributed by atoms with E-state index < -0.39 is 11.8 Å². The molecule has 6 heteroatoms. The minimum Gasteiger partial charge on any atom is -0.497 e. The molecule has 2 amide bonds. The Morgan fingerprint density at radius 2 is 1.92 bits per heavy atom. The number of thiophene rings is 1. The average molecular weight is 372 g/mol. The molecule has 3 rings (SSSR count). The predicted molar refractivity (Wildman–Crippen MR) is 104 cm³/mol. The molecule has 1 aliphatic carbocycles. The maximum Gasteiger partial charge on any atom is 0.313 e. The summed E-state index contributed by atoms with van der Waals surface area (Å²) in [5.41, 5.74) is 0.494. The van der Waals surface area contributed by atoms with Crippen molar-refractivity contribution in [2.45, 2.75) is 37.5 Å². The fourth-order valence-corrected chi connectivity index (χ4v) is 4.52. The molecule has 0 saturated heterocycles. The SMILES string of the molecule is COc1cccc(NC(=O)C(=O)NCC2(c3cccs3)CCCCC2)c1. The molecule has 2 aromatic rings. The van der Waals surface area contributed by atoms with Crippen molar-refractivity contribution in [1.29, 1.82) is 0 Å². The van der Waals surface area contributed by atoms with Crippen molar-refractivity contribution < 1.29 is 14.3 Å². The molecule has 26 heavy (non-hydrogen) atoms. The van der Waals surface area contributed by atoms with Gasteiger partial charge in [-0.2, -0.15) is 0 Å². The Morgan fingerprint density at radius 1 is 1.12 bits per heavy atom. The number of carbonyl (C=O) groups excluding carboxylic acids is 2. The zero-order valence-electron chi connectivity index (χ0n) is 14.9. The van der Waals surface area contributed by atoms with E-state index in [0.29, 0.717) is 18.0 Å². The molecule has 1 aromatic carbocycles. The van der Waals surface area contributed by atoms with E-state index in [0.717, 1.165) is 25.7 Å². The third-order valence-corrected chi connectivity index (χ3v) is 6.09. The molecule has 0 atom stereocenters. The quantitative estimate of drug-likeness (QED) is 0.786. The average Bonchev–Trinajstić information content (AvgIpc) is 3.22. The first-order valence-electron chi connectivity index (χ1n) is 8.90. The molecule has 0 radical (unpaired) electrons. The van der Waals surface area contributed by atoms with Crippen LogP contribution in [-0.4, -0.2) is 25.5 Å². The molecule has 2 N–H and O–H groups in total. The number of carbonyl (C=O) groups is 2. The van der Waals surface area contributed by atoms with Crippen molar-refractivity contribution in [3.63, 3.8) is 0 Å². The van der Waals surface area contributed by atoms with Gasteiger partial charge in [-0.05, 0) is 36.4 Å². The van der Waals surface area contributed by atoms with Crippen molar-refractivity contribution in [1.82, 2.24) is 5.32 Å². The Labute approximate surface area is 157 Å². The van der Waals surface area contributed by atoms with Crippen molar-refractivity contribution >= 4 is 28.8 Å². The van der Waals surface area contributed by atoms with Crippen molar-refractivity contribution in [3.8, 4) is 5.75 Å². The Morgan fingerprint density at radius 3 is 2.62 bits per heavy atom. The van der Waals surface area contributed by atoms with Crippen LogP contribution in [-0.2, 0) is 15.0 Å². The second-order valence-corrected chi connectivity index (χ2v) is 7.63. The van der Waals surface area contributed by atoms with E-state index in [4.69, 9.17) is 4.74 Å². The van der Waals surface area contributed by atoms with E-state index in [-0.39, 0.29) is 5.41 Å². The van der Waals surface area contributed by atoms with Crippen molar-refractivity contribution in [2.24, 2.45) is 0 Å². The van der Waals surface area contributed by atoms with Crippen LogP contribution in [0.25, 0.3) is 0 Å². The van der Waals surface area contributed by atoms with E-state index >= 15 is 0 Å². The van der Waals surface area contributed by atoms with Gasteiger partial charge in [0.25, 0.3) is 0 Å². The van der Waals surface area contributed by atoms with Gasteiger partial charge in [0.2, 0.25) is 0 Å². The van der Waals surface area contributed by atoms with Gasteiger partial charge in [-0.1, -0.05) is 31.4 Å². The van der Waals surface area contributed by atoms with Gasteiger partial charge < -0.3 is 15.4 Å². The lowest BCUT2D eigenvalue weighted by atomic mass is 9.73. The first-order chi connectivity index (χ1) is 12.6. The molecular weight excluding hydrogens is 348 g/mol.